The van der Waals surface area contributed by atoms with E-state index in [1.54, 1.807) is 6.20 Å². The molecule has 0 aliphatic carbocycles. The summed E-state index contributed by atoms with van der Waals surface area (Å²) in [6, 6.07) is 5.17. The fourth-order valence-corrected chi connectivity index (χ4v) is 2.39. The van der Waals surface area contributed by atoms with Gasteiger partial charge in [0.2, 0.25) is 0 Å². The Morgan fingerprint density at radius 3 is 2.50 bits per heavy atom. The number of nitrogens with two attached hydrogens (primary N) is 3. The molecule has 0 aliphatic rings. The Bertz CT molecular complexity index is 537. The van der Waals surface area contributed by atoms with Gasteiger partial charge in [0.1, 0.15) is 16.7 Å². The van der Waals surface area contributed by atoms with Crippen LogP contribution in [-0.2, 0) is 0 Å². The van der Waals surface area contributed by atoms with Gasteiger partial charge in [0.25, 0.3) is 0 Å². The summed E-state index contributed by atoms with van der Waals surface area (Å²) in [6.07, 6.45) is 1.70. The summed E-state index contributed by atoms with van der Waals surface area (Å²) < 4.78 is 0. The van der Waals surface area contributed by atoms with Crippen LogP contribution in [0.1, 0.15) is 18.5 Å². The van der Waals surface area contributed by atoms with Gasteiger partial charge in [0, 0.05) is 23.9 Å². The van der Waals surface area contributed by atoms with Crippen molar-refractivity contribution in [3.05, 3.63) is 30.0 Å². The molecule has 7 heteroatoms. The van der Waals surface area contributed by atoms with E-state index in [2.05, 4.69) is 15.0 Å². The lowest BCUT2D eigenvalue weighted by molar-refractivity contribution is 0.778. The predicted octanol–water partition coefficient (Wildman–Crippen LogP) is 1.21. The molecule has 18 heavy (non-hydrogen) atoms. The summed E-state index contributed by atoms with van der Waals surface area (Å²) in [7, 11) is 0. The van der Waals surface area contributed by atoms with Gasteiger partial charge in [-0.25, -0.2) is 15.0 Å². The molecule has 94 valence electrons. The monoisotopic (exact) mass is 262 g/mol. The third kappa shape index (κ3) is 2.88. The molecule has 0 radical (unpaired) electrons. The number of anilines is 2. The largest absolute Gasteiger partial charge is 0.383 e. The standard InChI is InChI=1S/C11H14N6S/c1-6(12)7-3-2-4-15-10(7)18-11-16-8(13)5-9(14)17-11/h2-6H,12H2,1H3,(H4,13,14,16,17). The molecule has 2 rings (SSSR count). The maximum absolute atomic E-state index is 5.88. The average Bonchev–Trinajstić information content (AvgIpc) is 2.27. The van der Waals surface area contributed by atoms with Crippen LogP contribution in [0, 0.1) is 0 Å². The van der Waals surface area contributed by atoms with Crippen molar-refractivity contribution in [3.8, 4) is 0 Å². The van der Waals surface area contributed by atoms with Crippen molar-refractivity contribution in [3.63, 3.8) is 0 Å². The molecule has 1 atom stereocenters. The van der Waals surface area contributed by atoms with Crippen LogP contribution in [0.3, 0.4) is 0 Å². The fourth-order valence-electron chi connectivity index (χ4n) is 1.43. The van der Waals surface area contributed by atoms with Crippen LogP contribution in [-0.4, -0.2) is 15.0 Å². The molecule has 0 spiro atoms. The van der Waals surface area contributed by atoms with Crippen molar-refractivity contribution in [2.45, 2.75) is 23.1 Å². The van der Waals surface area contributed by atoms with Crippen LogP contribution in [0.15, 0.2) is 34.6 Å². The smallest absolute Gasteiger partial charge is 0.197 e. The van der Waals surface area contributed by atoms with E-state index in [-0.39, 0.29) is 6.04 Å². The lowest BCUT2D eigenvalue weighted by Gasteiger charge is -2.10. The molecule has 6 nitrogen and oxygen atoms in total. The van der Waals surface area contributed by atoms with E-state index in [0.717, 1.165) is 10.6 Å². The zero-order valence-corrected chi connectivity index (χ0v) is 10.7. The Labute approximate surface area is 109 Å². The molecule has 6 N–H and O–H groups in total. The van der Waals surface area contributed by atoms with Crippen LogP contribution in [0.25, 0.3) is 0 Å². The van der Waals surface area contributed by atoms with Crippen molar-refractivity contribution in [1.29, 1.82) is 0 Å². The minimum atomic E-state index is -0.111. The first-order valence-corrected chi connectivity index (χ1v) is 6.16. The minimum Gasteiger partial charge on any atom is -0.383 e. The second kappa shape index (κ2) is 5.19. The van der Waals surface area contributed by atoms with E-state index in [1.807, 2.05) is 19.1 Å². The Balaban J connectivity index is 2.34. The van der Waals surface area contributed by atoms with Gasteiger partial charge in [-0.3, -0.25) is 0 Å². The second-order valence-electron chi connectivity index (χ2n) is 3.79. The van der Waals surface area contributed by atoms with Gasteiger partial charge in [-0.15, -0.1) is 0 Å². The van der Waals surface area contributed by atoms with Gasteiger partial charge in [0.15, 0.2) is 5.16 Å². The third-order valence-electron chi connectivity index (χ3n) is 2.22. The highest BCUT2D eigenvalue weighted by Gasteiger charge is 2.11. The van der Waals surface area contributed by atoms with Crippen molar-refractivity contribution < 1.29 is 0 Å². The van der Waals surface area contributed by atoms with Crippen molar-refractivity contribution >= 4 is 23.4 Å². The number of nitrogen functional groups attached to an aromatic ring is 2. The van der Waals surface area contributed by atoms with E-state index in [9.17, 15) is 0 Å². The second-order valence-corrected chi connectivity index (χ2v) is 4.74. The van der Waals surface area contributed by atoms with Crippen molar-refractivity contribution in [2.24, 2.45) is 5.73 Å². The Morgan fingerprint density at radius 2 is 1.89 bits per heavy atom. The molecule has 0 amide bonds. The average molecular weight is 262 g/mol. The molecular formula is C11H14N6S. The first-order chi connectivity index (χ1) is 8.56. The zero-order valence-electron chi connectivity index (χ0n) is 9.87. The van der Waals surface area contributed by atoms with Crippen LogP contribution >= 0.6 is 11.8 Å². The summed E-state index contributed by atoms with van der Waals surface area (Å²) in [6.45, 7) is 1.90. The highest BCUT2D eigenvalue weighted by Crippen LogP contribution is 2.29. The zero-order chi connectivity index (χ0) is 13.1. The molecule has 0 saturated carbocycles. The topological polar surface area (TPSA) is 117 Å². The summed E-state index contributed by atoms with van der Waals surface area (Å²) in [5, 5.41) is 1.23. The number of pyridine rings is 1. The van der Waals surface area contributed by atoms with E-state index in [1.165, 1.54) is 17.8 Å². The first kappa shape index (κ1) is 12.6. The van der Waals surface area contributed by atoms with E-state index in [0.29, 0.717) is 16.8 Å². The van der Waals surface area contributed by atoms with E-state index < -0.39 is 0 Å². The number of hydrogen-bond donors (Lipinski definition) is 3. The van der Waals surface area contributed by atoms with Crippen LogP contribution in [0.5, 0.6) is 0 Å². The molecule has 1 unspecified atom stereocenters. The Kier molecular flexibility index (Phi) is 3.63. The lowest BCUT2D eigenvalue weighted by Crippen LogP contribution is -2.07. The summed E-state index contributed by atoms with van der Waals surface area (Å²) in [5.74, 6) is 0.673. The summed E-state index contributed by atoms with van der Waals surface area (Å²) in [5.41, 5.74) is 18.1. The van der Waals surface area contributed by atoms with Gasteiger partial charge in [0.05, 0.1) is 0 Å². The molecular weight excluding hydrogens is 248 g/mol. The molecule has 0 aromatic carbocycles. The van der Waals surface area contributed by atoms with Crippen LogP contribution in [0.2, 0.25) is 0 Å². The van der Waals surface area contributed by atoms with Crippen molar-refractivity contribution in [1.82, 2.24) is 15.0 Å². The van der Waals surface area contributed by atoms with E-state index >= 15 is 0 Å². The molecule has 0 saturated heterocycles. The fraction of sp³-hybridized carbons (Fsp3) is 0.182. The molecule has 0 aliphatic heterocycles. The normalized spacial score (nSPS) is 12.3. The van der Waals surface area contributed by atoms with Gasteiger partial charge in [-0.05, 0) is 24.8 Å². The summed E-state index contributed by atoms with van der Waals surface area (Å²) >= 11 is 1.30. The highest BCUT2D eigenvalue weighted by molar-refractivity contribution is 7.99. The van der Waals surface area contributed by atoms with Crippen LogP contribution in [0.4, 0.5) is 11.6 Å². The minimum absolute atomic E-state index is 0.111. The summed E-state index contributed by atoms with van der Waals surface area (Å²) in [4.78, 5) is 12.5. The van der Waals surface area contributed by atoms with Gasteiger partial charge in [-0.2, -0.15) is 0 Å². The molecule has 2 aromatic rings. The van der Waals surface area contributed by atoms with Gasteiger partial charge in [-0.1, -0.05) is 6.07 Å². The maximum Gasteiger partial charge on any atom is 0.197 e. The number of hydrogen-bond acceptors (Lipinski definition) is 7. The first-order valence-electron chi connectivity index (χ1n) is 5.34. The van der Waals surface area contributed by atoms with Crippen LogP contribution < -0.4 is 17.2 Å². The quantitative estimate of drug-likeness (QED) is 0.711. The third-order valence-corrected chi connectivity index (χ3v) is 3.12. The number of nitrogens with zero attached hydrogens (tertiary/aromatic N) is 3. The molecule has 2 heterocycles. The predicted molar refractivity (Wildman–Crippen MR) is 71.8 cm³/mol. The Hall–Kier alpha value is -1.86. The molecule has 2 aromatic heterocycles. The number of aromatic nitrogens is 3. The van der Waals surface area contributed by atoms with Crippen molar-refractivity contribution in [2.75, 3.05) is 11.5 Å². The SMILES string of the molecule is CC(N)c1cccnc1Sc1nc(N)cc(N)n1. The molecule has 0 fully saturated rings. The van der Waals surface area contributed by atoms with Gasteiger partial charge >= 0.3 is 0 Å². The molecule has 0 bridgehead atoms. The maximum atomic E-state index is 5.88. The lowest BCUT2D eigenvalue weighted by atomic mass is 10.2. The van der Waals surface area contributed by atoms with E-state index in [4.69, 9.17) is 17.2 Å². The Morgan fingerprint density at radius 1 is 1.22 bits per heavy atom. The van der Waals surface area contributed by atoms with Gasteiger partial charge < -0.3 is 17.2 Å². The number of rotatable bonds is 3. The highest BCUT2D eigenvalue weighted by atomic mass is 32.2.